The summed E-state index contributed by atoms with van der Waals surface area (Å²) in [7, 11) is 0. The highest BCUT2D eigenvalue weighted by molar-refractivity contribution is 5.56. The largest absolute Gasteiger partial charge is 0.399 e. The van der Waals surface area contributed by atoms with Gasteiger partial charge in [0.05, 0.1) is 6.04 Å². The second-order valence-electron chi connectivity index (χ2n) is 3.82. The Labute approximate surface area is 94.9 Å². The summed E-state index contributed by atoms with van der Waals surface area (Å²) >= 11 is 0. The third kappa shape index (κ3) is 2.15. The monoisotopic (exact) mass is 213 g/mol. The molecule has 2 aromatic rings. The molecule has 0 heterocycles. The van der Waals surface area contributed by atoms with E-state index in [0.29, 0.717) is 11.4 Å². The molecule has 0 aliphatic rings. The van der Waals surface area contributed by atoms with Crippen LogP contribution in [0.5, 0.6) is 0 Å². The highest BCUT2D eigenvalue weighted by Crippen LogP contribution is 2.23. The molecule has 0 radical (unpaired) electrons. The van der Waals surface area contributed by atoms with Crippen molar-refractivity contribution < 1.29 is 0 Å². The van der Waals surface area contributed by atoms with Crippen molar-refractivity contribution in [2.45, 2.75) is 6.04 Å². The van der Waals surface area contributed by atoms with Crippen molar-refractivity contribution in [1.82, 2.24) is 0 Å². The lowest BCUT2D eigenvalue weighted by Crippen LogP contribution is -2.12. The van der Waals surface area contributed by atoms with Gasteiger partial charge in [-0.2, -0.15) is 0 Å². The first-order valence-electron chi connectivity index (χ1n) is 5.13. The molecule has 3 heteroatoms. The van der Waals surface area contributed by atoms with Crippen LogP contribution in [0.1, 0.15) is 17.2 Å². The Morgan fingerprint density at radius 1 is 0.750 bits per heavy atom. The van der Waals surface area contributed by atoms with Gasteiger partial charge in [0, 0.05) is 11.4 Å². The van der Waals surface area contributed by atoms with Crippen molar-refractivity contribution >= 4 is 11.4 Å². The molecule has 0 aliphatic heterocycles. The van der Waals surface area contributed by atoms with Crippen molar-refractivity contribution in [2.24, 2.45) is 5.73 Å². The molecule has 82 valence electrons. The first kappa shape index (κ1) is 10.5. The Balaban J connectivity index is 2.37. The fraction of sp³-hybridized carbons (Fsp3) is 0.0769. The van der Waals surface area contributed by atoms with E-state index < -0.39 is 0 Å². The van der Waals surface area contributed by atoms with Crippen molar-refractivity contribution in [3.05, 3.63) is 59.7 Å². The molecule has 0 spiro atoms. The fourth-order valence-corrected chi connectivity index (χ4v) is 1.73. The van der Waals surface area contributed by atoms with Gasteiger partial charge in [0.1, 0.15) is 0 Å². The maximum atomic E-state index is 6.14. The first-order valence-corrected chi connectivity index (χ1v) is 5.13. The summed E-state index contributed by atoms with van der Waals surface area (Å²) in [5.41, 5.74) is 20.9. The first-order chi connectivity index (χ1) is 7.66. The van der Waals surface area contributed by atoms with Crippen LogP contribution in [0.4, 0.5) is 11.4 Å². The average molecular weight is 213 g/mol. The van der Waals surface area contributed by atoms with Crippen LogP contribution >= 0.6 is 0 Å². The summed E-state index contributed by atoms with van der Waals surface area (Å²) in [6, 6.07) is 15.1. The van der Waals surface area contributed by atoms with E-state index in [0.717, 1.165) is 11.1 Å². The van der Waals surface area contributed by atoms with Crippen LogP contribution in [0.15, 0.2) is 48.5 Å². The maximum Gasteiger partial charge on any atom is 0.0553 e. The van der Waals surface area contributed by atoms with Crippen LogP contribution in [0.2, 0.25) is 0 Å². The van der Waals surface area contributed by atoms with Crippen LogP contribution in [-0.4, -0.2) is 0 Å². The molecule has 0 bridgehead atoms. The standard InChI is InChI=1S/C13H15N3/c14-11-6-10(7-12(15)8-11)13(16)9-4-2-1-3-5-9/h1-8,13H,14-16H2. The van der Waals surface area contributed by atoms with Gasteiger partial charge in [0.15, 0.2) is 0 Å². The van der Waals surface area contributed by atoms with Crippen molar-refractivity contribution in [1.29, 1.82) is 0 Å². The summed E-state index contributed by atoms with van der Waals surface area (Å²) in [4.78, 5) is 0. The molecule has 2 aromatic carbocycles. The van der Waals surface area contributed by atoms with E-state index in [1.54, 1.807) is 6.07 Å². The molecule has 0 aliphatic carbocycles. The summed E-state index contributed by atoms with van der Waals surface area (Å²) < 4.78 is 0. The summed E-state index contributed by atoms with van der Waals surface area (Å²) in [6.07, 6.45) is 0. The van der Waals surface area contributed by atoms with E-state index >= 15 is 0 Å². The van der Waals surface area contributed by atoms with E-state index in [9.17, 15) is 0 Å². The predicted molar refractivity (Wildman–Crippen MR) is 67.7 cm³/mol. The lowest BCUT2D eigenvalue weighted by atomic mass is 9.99. The molecule has 6 N–H and O–H groups in total. The molecule has 3 nitrogen and oxygen atoms in total. The number of nitrogens with two attached hydrogens (primary N) is 3. The zero-order valence-corrected chi connectivity index (χ0v) is 8.93. The zero-order chi connectivity index (χ0) is 11.5. The van der Waals surface area contributed by atoms with E-state index in [2.05, 4.69) is 0 Å². The van der Waals surface area contributed by atoms with Gasteiger partial charge < -0.3 is 17.2 Å². The second-order valence-corrected chi connectivity index (χ2v) is 3.82. The van der Waals surface area contributed by atoms with Gasteiger partial charge in [0.25, 0.3) is 0 Å². The third-order valence-corrected chi connectivity index (χ3v) is 2.52. The third-order valence-electron chi connectivity index (χ3n) is 2.52. The highest BCUT2D eigenvalue weighted by Gasteiger charge is 2.09. The number of hydrogen-bond donors (Lipinski definition) is 3. The molecular weight excluding hydrogens is 198 g/mol. The molecule has 2 rings (SSSR count). The molecule has 0 saturated carbocycles. The zero-order valence-electron chi connectivity index (χ0n) is 8.93. The van der Waals surface area contributed by atoms with E-state index in [4.69, 9.17) is 17.2 Å². The molecule has 1 atom stereocenters. The van der Waals surface area contributed by atoms with Gasteiger partial charge in [-0.3, -0.25) is 0 Å². The Bertz CT molecular complexity index is 460. The van der Waals surface area contributed by atoms with Crippen molar-refractivity contribution in [3.63, 3.8) is 0 Å². The highest BCUT2D eigenvalue weighted by atomic mass is 14.7. The van der Waals surface area contributed by atoms with Crippen LogP contribution < -0.4 is 17.2 Å². The van der Waals surface area contributed by atoms with Crippen molar-refractivity contribution in [2.75, 3.05) is 11.5 Å². The molecule has 0 amide bonds. The van der Waals surface area contributed by atoms with E-state index in [-0.39, 0.29) is 6.04 Å². The lowest BCUT2D eigenvalue weighted by Gasteiger charge is -2.13. The van der Waals surface area contributed by atoms with E-state index in [1.807, 2.05) is 42.5 Å². The van der Waals surface area contributed by atoms with Crippen LogP contribution in [0, 0.1) is 0 Å². The average Bonchev–Trinajstić information content (AvgIpc) is 2.28. The second kappa shape index (κ2) is 4.24. The Hall–Kier alpha value is -2.00. The Morgan fingerprint density at radius 2 is 1.31 bits per heavy atom. The number of benzene rings is 2. The molecule has 0 aromatic heterocycles. The normalized spacial score (nSPS) is 12.3. The van der Waals surface area contributed by atoms with Crippen LogP contribution in [0.25, 0.3) is 0 Å². The van der Waals surface area contributed by atoms with E-state index in [1.165, 1.54) is 0 Å². The molecular formula is C13H15N3. The topological polar surface area (TPSA) is 78.1 Å². The number of rotatable bonds is 2. The molecule has 1 unspecified atom stereocenters. The Kier molecular flexibility index (Phi) is 2.79. The smallest absolute Gasteiger partial charge is 0.0553 e. The van der Waals surface area contributed by atoms with Gasteiger partial charge in [-0.1, -0.05) is 30.3 Å². The SMILES string of the molecule is Nc1cc(N)cc(C(N)c2ccccc2)c1. The molecule has 16 heavy (non-hydrogen) atoms. The quantitative estimate of drug-likeness (QED) is 0.667. The Morgan fingerprint density at radius 3 is 1.88 bits per heavy atom. The predicted octanol–water partition coefficient (Wildman–Crippen LogP) is 1.90. The summed E-state index contributed by atoms with van der Waals surface area (Å²) in [5.74, 6) is 0. The number of anilines is 2. The number of nitrogen functional groups attached to an aromatic ring is 2. The van der Waals surface area contributed by atoms with Gasteiger partial charge in [-0.05, 0) is 29.3 Å². The maximum absolute atomic E-state index is 6.14. The van der Waals surface area contributed by atoms with Gasteiger partial charge in [0.2, 0.25) is 0 Å². The van der Waals surface area contributed by atoms with Crippen LogP contribution in [-0.2, 0) is 0 Å². The molecule has 0 saturated heterocycles. The minimum atomic E-state index is -0.188. The molecule has 0 fully saturated rings. The minimum Gasteiger partial charge on any atom is -0.399 e. The van der Waals surface area contributed by atoms with Gasteiger partial charge >= 0.3 is 0 Å². The summed E-state index contributed by atoms with van der Waals surface area (Å²) in [6.45, 7) is 0. The minimum absolute atomic E-state index is 0.188. The van der Waals surface area contributed by atoms with Gasteiger partial charge in [-0.15, -0.1) is 0 Å². The lowest BCUT2D eigenvalue weighted by molar-refractivity contribution is 0.873. The van der Waals surface area contributed by atoms with Crippen LogP contribution in [0.3, 0.4) is 0 Å². The fourth-order valence-electron chi connectivity index (χ4n) is 1.73. The van der Waals surface area contributed by atoms with Gasteiger partial charge in [-0.25, -0.2) is 0 Å². The van der Waals surface area contributed by atoms with Crippen molar-refractivity contribution in [3.8, 4) is 0 Å². The number of hydrogen-bond acceptors (Lipinski definition) is 3. The summed E-state index contributed by atoms with van der Waals surface area (Å²) in [5, 5.41) is 0.